The maximum Gasteiger partial charge on any atom is 0.309 e. The van der Waals surface area contributed by atoms with Gasteiger partial charge in [-0.3, -0.25) is 4.79 Å². The molecule has 0 aliphatic carbocycles. The molecule has 2 heteroatoms. The van der Waals surface area contributed by atoms with E-state index in [1.807, 2.05) is 6.07 Å². The number of carbonyl (C=O) groups excluding carboxylic acids is 1. The van der Waals surface area contributed by atoms with Crippen molar-refractivity contribution in [3.05, 3.63) is 35.9 Å². The lowest BCUT2D eigenvalue weighted by Crippen LogP contribution is -2.20. The van der Waals surface area contributed by atoms with Crippen LogP contribution < -0.4 is 0 Å². The van der Waals surface area contributed by atoms with E-state index in [0.717, 1.165) is 0 Å². The van der Waals surface area contributed by atoms with Gasteiger partial charge < -0.3 is 4.74 Å². The molecule has 1 rings (SSSR count). The van der Waals surface area contributed by atoms with E-state index in [2.05, 4.69) is 0 Å². The molecular weight excluding hydrogens is 188 g/mol. The molecular formula is C13H18O2. The van der Waals surface area contributed by atoms with Crippen LogP contribution in [0.15, 0.2) is 30.3 Å². The van der Waals surface area contributed by atoms with Crippen LogP contribution in [0.3, 0.4) is 0 Å². The molecule has 2 nitrogen and oxygen atoms in total. The van der Waals surface area contributed by atoms with E-state index in [-0.39, 0.29) is 6.61 Å². The smallest absolute Gasteiger partial charge is 0.309 e. The second kappa shape index (κ2) is 5.54. The lowest BCUT2D eigenvalue weighted by atomic mass is 9.89. The molecule has 0 radical (unpaired) electrons. The Morgan fingerprint density at radius 1 is 1.40 bits per heavy atom. The van der Waals surface area contributed by atoms with Crippen molar-refractivity contribution in [2.24, 2.45) is 5.89 Å². The minimum Gasteiger partial charge on any atom is -0.466 e. The summed E-state index contributed by atoms with van der Waals surface area (Å²) in [7, 11) is 0. The van der Waals surface area contributed by atoms with Gasteiger partial charge in [-0.2, -0.15) is 0 Å². The van der Waals surface area contributed by atoms with E-state index < -0.39 is 17.8 Å². The number of rotatable bonds is 4. The third kappa shape index (κ3) is 3.08. The predicted molar refractivity (Wildman–Crippen MR) is 60.7 cm³/mol. The van der Waals surface area contributed by atoms with E-state index in [0.29, 0.717) is 5.56 Å². The van der Waals surface area contributed by atoms with E-state index in [4.69, 9.17) is 7.48 Å². The largest absolute Gasteiger partial charge is 0.466 e. The first-order valence-electron chi connectivity index (χ1n) is 6.06. The summed E-state index contributed by atoms with van der Waals surface area (Å²) in [6.45, 7) is 4.90. The molecule has 2 atom stereocenters. The van der Waals surface area contributed by atoms with Gasteiger partial charge >= 0.3 is 5.97 Å². The molecule has 0 spiro atoms. The average Bonchev–Trinajstić information content (AvgIpc) is 2.30. The van der Waals surface area contributed by atoms with Gasteiger partial charge in [-0.05, 0) is 18.4 Å². The van der Waals surface area contributed by atoms with Crippen molar-refractivity contribution in [1.82, 2.24) is 0 Å². The Kier molecular flexibility index (Phi) is 3.31. The van der Waals surface area contributed by atoms with Crippen LogP contribution >= 0.6 is 0 Å². The monoisotopic (exact) mass is 208 g/mol. The number of ether oxygens (including phenoxy) is 1. The van der Waals surface area contributed by atoms with E-state index in [1.165, 1.54) is 6.92 Å². The van der Waals surface area contributed by atoms with Gasteiger partial charge in [-0.1, -0.05) is 44.2 Å². The fourth-order valence-corrected chi connectivity index (χ4v) is 1.30. The van der Waals surface area contributed by atoms with Gasteiger partial charge in [0, 0.05) is 2.74 Å². The van der Waals surface area contributed by atoms with E-state index in [1.54, 1.807) is 38.1 Å². The van der Waals surface area contributed by atoms with Crippen LogP contribution in [-0.4, -0.2) is 12.6 Å². The summed E-state index contributed by atoms with van der Waals surface area (Å²) in [6.07, 6.45) is 0. The number of esters is 1. The van der Waals surface area contributed by atoms with Crippen LogP contribution in [0.4, 0.5) is 0 Å². The van der Waals surface area contributed by atoms with Gasteiger partial charge in [0.2, 0.25) is 0 Å². The van der Waals surface area contributed by atoms with E-state index >= 15 is 0 Å². The lowest BCUT2D eigenvalue weighted by molar-refractivity contribution is -0.148. The quantitative estimate of drug-likeness (QED) is 0.711. The molecule has 0 aromatic heterocycles. The predicted octanol–water partition coefficient (Wildman–Crippen LogP) is 2.99. The topological polar surface area (TPSA) is 26.3 Å². The number of carbonyl (C=O) groups is 1. The van der Waals surface area contributed by atoms with Crippen LogP contribution in [0.25, 0.3) is 0 Å². The minimum atomic E-state index is -1.63. The summed E-state index contributed by atoms with van der Waals surface area (Å²) in [5.41, 5.74) is 0.630. The molecule has 2 unspecified atom stereocenters. The highest BCUT2D eigenvalue weighted by molar-refractivity contribution is 5.73. The maximum absolute atomic E-state index is 11.8. The minimum absolute atomic E-state index is 0.220. The normalized spacial score (nSPS) is 20.5. The molecule has 0 amide bonds. The summed E-state index contributed by atoms with van der Waals surface area (Å²) in [4.78, 5) is 11.8. The molecule has 82 valence electrons. The number of hydrogen-bond donors (Lipinski definition) is 0. The zero-order valence-corrected chi connectivity index (χ0v) is 9.41. The van der Waals surface area contributed by atoms with Gasteiger partial charge in [-0.15, -0.1) is 0 Å². The Hall–Kier alpha value is -1.31. The fraction of sp³-hybridized carbons (Fsp3) is 0.462. The molecule has 0 saturated heterocycles. The standard InChI is InChI=1S/C13H18O2/c1-4-15-13(14)11(3)10(2)12-8-6-5-7-9-12/h5-11H,4H2,1-3H3/i10D,11D. The number of benzene rings is 1. The van der Waals surface area contributed by atoms with Crippen LogP contribution in [0.1, 0.15) is 35.0 Å². The molecule has 1 aromatic rings. The summed E-state index contributed by atoms with van der Waals surface area (Å²) >= 11 is 0. The van der Waals surface area contributed by atoms with Crippen molar-refractivity contribution >= 4 is 5.97 Å². The summed E-state index contributed by atoms with van der Waals surface area (Å²) in [5.74, 6) is -3.65. The first kappa shape index (κ1) is 8.96. The van der Waals surface area contributed by atoms with Gasteiger partial charge in [0.15, 0.2) is 0 Å². The molecule has 1 aromatic carbocycles. The molecule has 15 heavy (non-hydrogen) atoms. The highest BCUT2D eigenvalue weighted by Gasteiger charge is 2.22. The highest BCUT2D eigenvalue weighted by Crippen LogP contribution is 2.24. The first-order valence-corrected chi connectivity index (χ1v) is 5.06. The van der Waals surface area contributed by atoms with Gasteiger partial charge in [-0.25, -0.2) is 0 Å². The average molecular weight is 208 g/mol. The highest BCUT2D eigenvalue weighted by atomic mass is 16.5. The van der Waals surface area contributed by atoms with Crippen molar-refractivity contribution in [2.75, 3.05) is 6.61 Å². The van der Waals surface area contributed by atoms with Crippen molar-refractivity contribution in [3.63, 3.8) is 0 Å². The van der Waals surface area contributed by atoms with Crippen molar-refractivity contribution in [3.8, 4) is 0 Å². The van der Waals surface area contributed by atoms with Crippen molar-refractivity contribution < 1.29 is 12.3 Å². The summed E-state index contributed by atoms with van der Waals surface area (Å²) in [5, 5.41) is 0. The fourth-order valence-electron chi connectivity index (χ4n) is 1.30. The Morgan fingerprint density at radius 2 is 2.00 bits per heavy atom. The third-order valence-electron chi connectivity index (χ3n) is 2.35. The van der Waals surface area contributed by atoms with Crippen LogP contribution in [0, 0.1) is 5.89 Å². The molecule has 0 aliphatic heterocycles. The van der Waals surface area contributed by atoms with Gasteiger partial charge in [0.05, 0.1) is 12.5 Å². The Labute approximate surface area is 94.1 Å². The van der Waals surface area contributed by atoms with Crippen LogP contribution in [0.2, 0.25) is 0 Å². The molecule has 0 fully saturated rings. The van der Waals surface area contributed by atoms with Crippen molar-refractivity contribution in [2.45, 2.75) is 26.7 Å². The molecule has 0 saturated carbocycles. The van der Waals surface area contributed by atoms with Gasteiger partial charge in [0.1, 0.15) is 0 Å². The second-order valence-electron chi connectivity index (χ2n) is 3.34. The molecule has 0 heterocycles. The van der Waals surface area contributed by atoms with Gasteiger partial charge in [0.25, 0.3) is 0 Å². The van der Waals surface area contributed by atoms with Crippen molar-refractivity contribution in [1.29, 1.82) is 0 Å². The maximum atomic E-state index is 11.8. The first-order chi connectivity index (χ1) is 7.84. The third-order valence-corrected chi connectivity index (χ3v) is 2.35. The zero-order chi connectivity index (χ0) is 13.1. The molecule has 0 aliphatic rings. The van der Waals surface area contributed by atoms with Crippen LogP contribution in [0.5, 0.6) is 0 Å². The Morgan fingerprint density at radius 3 is 2.53 bits per heavy atom. The lowest BCUT2D eigenvalue weighted by Gasteiger charge is -2.18. The van der Waals surface area contributed by atoms with Crippen LogP contribution in [-0.2, 0) is 9.53 Å². The summed E-state index contributed by atoms with van der Waals surface area (Å²) in [6, 6.07) is 8.93. The Balaban J connectivity index is 3.08. The molecule has 0 N–H and O–H groups in total. The number of hydrogen-bond acceptors (Lipinski definition) is 2. The summed E-state index contributed by atoms with van der Waals surface area (Å²) < 4.78 is 21.3. The zero-order valence-electron chi connectivity index (χ0n) is 11.4. The molecule has 0 bridgehead atoms. The Bertz CT molecular complexity index is 386. The van der Waals surface area contributed by atoms with E-state index in [9.17, 15) is 4.79 Å². The SMILES string of the molecule is [2H]C(C)(C(=O)OCC)C([2H])(C)c1ccccc1. The second-order valence-corrected chi connectivity index (χ2v) is 3.34.